The van der Waals surface area contributed by atoms with Crippen molar-refractivity contribution in [2.75, 3.05) is 0 Å². The second-order valence-electron chi connectivity index (χ2n) is 4.72. The molecule has 1 aliphatic heterocycles. The minimum Gasteiger partial charge on any atom is -0.493 e. The second-order valence-corrected chi connectivity index (χ2v) is 4.72. The van der Waals surface area contributed by atoms with E-state index in [4.69, 9.17) is 0 Å². The number of hydrogen-bond donors (Lipinski definition) is 1. The average Bonchev–Trinajstić information content (AvgIpc) is 2.66. The van der Waals surface area contributed by atoms with E-state index >= 15 is 0 Å². The first-order valence-electron chi connectivity index (χ1n) is 6.33. The van der Waals surface area contributed by atoms with Gasteiger partial charge in [-0.25, -0.2) is 4.68 Å². The Balaban J connectivity index is 2.03. The number of aromatic nitrogens is 2. The Bertz CT molecular complexity index is 611. The van der Waals surface area contributed by atoms with Crippen LogP contribution in [-0.2, 0) is 19.5 Å². The normalized spacial score (nSPS) is 14.4. The molecule has 0 fully saturated rings. The Morgan fingerprint density at radius 3 is 2.39 bits per heavy atom. The molecule has 0 bridgehead atoms. The van der Waals surface area contributed by atoms with Gasteiger partial charge in [0.2, 0.25) is 5.88 Å². The van der Waals surface area contributed by atoms with Crippen molar-refractivity contribution in [2.24, 2.45) is 0 Å². The molecule has 1 aromatic heterocycles. The van der Waals surface area contributed by atoms with Gasteiger partial charge in [-0.1, -0.05) is 30.3 Å². The van der Waals surface area contributed by atoms with Crippen molar-refractivity contribution >= 4 is 0 Å². The third-order valence-electron chi connectivity index (χ3n) is 3.51. The zero-order chi connectivity index (χ0) is 12.5. The molecule has 0 saturated carbocycles. The van der Waals surface area contributed by atoms with Gasteiger partial charge in [-0.3, -0.25) is 9.48 Å². The molecule has 94 valence electrons. The highest BCUT2D eigenvalue weighted by Gasteiger charge is 2.21. The molecule has 18 heavy (non-hydrogen) atoms. The number of aromatic hydroxyl groups is 1. The second kappa shape index (κ2) is 4.37. The quantitative estimate of drug-likeness (QED) is 0.874. The first-order chi connectivity index (χ1) is 8.77. The van der Waals surface area contributed by atoms with Gasteiger partial charge in [0.1, 0.15) is 0 Å². The molecule has 0 radical (unpaired) electrons. The summed E-state index contributed by atoms with van der Waals surface area (Å²) in [5.41, 5.74) is 1.52. The zero-order valence-corrected chi connectivity index (χ0v) is 10.2. The summed E-state index contributed by atoms with van der Waals surface area (Å²) in [6, 6.07) is 9.78. The number of benzene rings is 1. The molecule has 2 aromatic rings. The van der Waals surface area contributed by atoms with Gasteiger partial charge in [0.15, 0.2) is 0 Å². The fraction of sp³-hybridized carbons (Fsp3) is 0.357. The molecule has 0 spiro atoms. The van der Waals surface area contributed by atoms with E-state index in [2.05, 4.69) is 0 Å². The number of fused-ring (bicyclic) bond motifs is 1. The largest absolute Gasteiger partial charge is 0.493 e. The summed E-state index contributed by atoms with van der Waals surface area (Å²) in [5.74, 6) is 0.142. The summed E-state index contributed by atoms with van der Waals surface area (Å²) in [6.07, 6.45) is 2.53. The van der Waals surface area contributed by atoms with Gasteiger partial charge in [-0.15, -0.1) is 0 Å². The molecule has 1 aromatic carbocycles. The predicted octanol–water partition coefficient (Wildman–Crippen LogP) is 1.74. The Morgan fingerprint density at radius 1 is 1.06 bits per heavy atom. The highest BCUT2D eigenvalue weighted by Crippen LogP contribution is 2.21. The molecule has 2 heterocycles. The SMILES string of the molecule is O=c1c(Cc2ccccc2)c(O)n2n1CCCC2. The van der Waals surface area contributed by atoms with Crippen molar-refractivity contribution in [3.63, 3.8) is 0 Å². The van der Waals surface area contributed by atoms with Crippen LogP contribution in [0, 0.1) is 0 Å². The van der Waals surface area contributed by atoms with E-state index in [1.807, 2.05) is 30.3 Å². The standard InChI is InChI=1S/C14H16N2O2/c17-13-12(10-11-6-2-1-3-7-11)14(18)16-9-5-4-8-15(13)16/h1-3,6-7,17H,4-5,8-10H2. The molecule has 0 atom stereocenters. The maximum Gasteiger partial charge on any atom is 0.274 e. The van der Waals surface area contributed by atoms with E-state index in [-0.39, 0.29) is 11.4 Å². The van der Waals surface area contributed by atoms with E-state index < -0.39 is 0 Å². The van der Waals surface area contributed by atoms with E-state index in [0.717, 1.165) is 24.9 Å². The van der Waals surface area contributed by atoms with Gasteiger partial charge in [0, 0.05) is 19.5 Å². The van der Waals surface area contributed by atoms with Crippen LogP contribution in [0.1, 0.15) is 24.0 Å². The predicted molar refractivity (Wildman–Crippen MR) is 68.8 cm³/mol. The lowest BCUT2D eigenvalue weighted by Gasteiger charge is -2.16. The van der Waals surface area contributed by atoms with Gasteiger partial charge in [0.25, 0.3) is 5.56 Å². The summed E-state index contributed by atoms with van der Waals surface area (Å²) >= 11 is 0. The van der Waals surface area contributed by atoms with Crippen molar-refractivity contribution in [1.29, 1.82) is 0 Å². The molecule has 0 amide bonds. The lowest BCUT2D eigenvalue weighted by atomic mass is 10.1. The maximum atomic E-state index is 12.2. The van der Waals surface area contributed by atoms with Gasteiger partial charge >= 0.3 is 0 Å². The van der Waals surface area contributed by atoms with Crippen LogP contribution in [0.3, 0.4) is 0 Å². The molecule has 0 aliphatic carbocycles. The van der Waals surface area contributed by atoms with Crippen molar-refractivity contribution in [3.05, 3.63) is 51.8 Å². The molecule has 4 nitrogen and oxygen atoms in total. The Morgan fingerprint density at radius 2 is 1.72 bits per heavy atom. The van der Waals surface area contributed by atoms with Crippen LogP contribution in [0.25, 0.3) is 0 Å². The fourth-order valence-electron chi connectivity index (χ4n) is 2.56. The highest BCUT2D eigenvalue weighted by molar-refractivity contribution is 5.31. The average molecular weight is 244 g/mol. The third-order valence-corrected chi connectivity index (χ3v) is 3.51. The Kier molecular flexibility index (Phi) is 2.70. The monoisotopic (exact) mass is 244 g/mol. The van der Waals surface area contributed by atoms with Crippen LogP contribution in [0.4, 0.5) is 0 Å². The Hall–Kier alpha value is -1.97. The molecule has 3 rings (SSSR count). The number of hydrogen-bond acceptors (Lipinski definition) is 2. The lowest BCUT2D eigenvalue weighted by Crippen LogP contribution is -2.27. The van der Waals surface area contributed by atoms with Gasteiger partial charge in [0.05, 0.1) is 5.56 Å². The van der Waals surface area contributed by atoms with Crippen LogP contribution in [-0.4, -0.2) is 14.5 Å². The van der Waals surface area contributed by atoms with E-state index in [9.17, 15) is 9.90 Å². The smallest absolute Gasteiger partial charge is 0.274 e. The lowest BCUT2D eigenvalue weighted by molar-refractivity contribution is 0.304. The van der Waals surface area contributed by atoms with Gasteiger partial charge < -0.3 is 5.11 Å². The molecule has 4 heteroatoms. The van der Waals surface area contributed by atoms with Crippen molar-refractivity contribution in [1.82, 2.24) is 9.36 Å². The van der Waals surface area contributed by atoms with Crippen LogP contribution < -0.4 is 5.56 Å². The van der Waals surface area contributed by atoms with Crippen molar-refractivity contribution in [2.45, 2.75) is 32.4 Å². The van der Waals surface area contributed by atoms with E-state index in [1.54, 1.807) is 9.36 Å². The number of nitrogens with zero attached hydrogens (tertiary/aromatic N) is 2. The first-order valence-corrected chi connectivity index (χ1v) is 6.33. The molecular weight excluding hydrogens is 228 g/mol. The van der Waals surface area contributed by atoms with E-state index in [0.29, 0.717) is 18.5 Å². The molecule has 0 saturated heterocycles. The Labute approximate surface area is 105 Å². The van der Waals surface area contributed by atoms with Crippen molar-refractivity contribution in [3.8, 4) is 5.88 Å². The van der Waals surface area contributed by atoms with Crippen LogP contribution in [0.5, 0.6) is 5.88 Å². The number of rotatable bonds is 2. The van der Waals surface area contributed by atoms with Crippen LogP contribution in [0.15, 0.2) is 35.1 Å². The fourth-order valence-corrected chi connectivity index (χ4v) is 2.56. The minimum absolute atomic E-state index is 0.0453. The first kappa shape index (κ1) is 11.1. The summed E-state index contributed by atoms with van der Waals surface area (Å²) in [6.45, 7) is 1.44. The topological polar surface area (TPSA) is 47.2 Å². The third kappa shape index (κ3) is 1.74. The summed E-state index contributed by atoms with van der Waals surface area (Å²) in [4.78, 5) is 12.2. The minimum atomic E-state index is -0.0453. The summed E-state index contributed by atoms with van der Waals surface area (Å²) in [7, 11) is 0. The zero-order valence-electron chi connectivity index (χ0n) is 10.2. The molecule has 1 N–H and O–H groups in total. The van der Waals surface area contributed by atoms with Gasteiger partial charge in [-0.05, 0) is 18.4 Å². The summed E-state index contributed by atoms with van der Waals surface area (Å²) < 4.78 is 3.38. The van der Waals surface area contributed by atoms with Crippen LogP contribution >= 0.6 is 0 Å². The highest BCUT2D eigenvalue weighted by atomic mass is 16.3. The molecule has 1 aliphatic rings. The molecular formula is C14H16N2O2. The van der Waals surface area contributed by atoms with Gasteiger partial charge in [-0.2, -0.15) is 0 Å². The van der Waals surface area contributed by atoms with E-state index in [1.165, 1.54) is 0 Å². The summed E-state index contributed by atoms with van der Waals surface area (Å²) in [5, 5.41) is 10.2. The van der Waals surface area contributed by atoms with Crippen LogP contribution in [0.2, 0.25) is 0 Å². The molecule has 0 unspecified atom stereocenters. The maximum absolute atomic E-state index is 12.2. The van der Waals surface area contributed by atoms with Crippen molar-refractivity contribution < 1.29 is 5.11 Å².